The van der Waals surface area contributed by atoms with Crippen molar-refractivity contribution >= 4 is 40.7 Å². The largest absolute Gasteiger partial charge is 0.484 e. The summed E-state index contributed by atoms with van der Waals surface area (Å²) in [4.78, 5) is 27.0. The molecule has 0 saturated carbocycles. The van der Waals surface area contributed by atoms with Crippen molar-refractivity contribution in [3.63, 3.8) is 0 Å². The summed E-state index contributed by atoms with van der Waals surface area (Å²) in [6, 6.07) is 9.42. The number of rotatable bonds is 5. The van der Waals surface area contributed by atoms with Crippen molar-refractivity contribution in [3.8, 4) is 5.75 Å². The Balaban J connectivity index is 1.68. The highest BCUT2D eigenvalue weighted by atomic mass is 35.5. The number of alkyl halides is 3. The van der Waals surface area contributed by atoms with E-state index in [-0.39, 0.29) is 22.4 Å². The number of hydrogen-bond acceptors (Lipinski definition) is 3. The third kappa shape index (κ3) is 5.58. The third-order valence-corrected chi connectivity index (χ3v) is 5.23. The molecule has 3 rings (SSSR count). The van der Waals surface area contributed by atoms with Gasteiger partial charge in [-0.1, -0.05) is 29.3 Å². The molecule has 1 unspecified atom stereocenters. The average Bonchev–Trinajstić information content (AvgIpc) is 3.18. The highest BCUT2D eigenvalue weighted by molar-refractivity contribution is 6.42. The Morgan fingerprint density at radius 3 is 2.60 bits per heavy atom. The van der Waals surface area contributed by atoms with Gasteiger partial charge in [0, 0.05) is 23.9 Å². The first-order valence-electron chi connectivity index (χ1n) is 9.00. The maximum absolute atomic E-state index is 12.8. The maximum Gasteiger partial charge on any atom is 0.422 e. The van der Waals surface area contributed by atoms with Gasteiger partial charge in [-0.3, -0.25) is 9.59 Å². The fourth-order valence-corrected chi connectivity index (χ4v) is 3.43. The second kappa shape index (κ2) is 9.14. The second-order valence-electron chi connectivity index (χ2n) is 6.71. The summed E-state index contributed by atoms with van der Waals surface area (Å²) in [6.07, 6.45) is -3.36. The van der Waals surface area contributed by atoms with Gasteiger partial charge in [0.1, 0.15) is 11.8 Å². The topological polar surface area (TPSA) is 58.6 Å². The summed E-state index contributed by atoms with van der Waals surface area (Å²) in [5.74, 6) is -0.817. The van der Waals surface area contributed by atoms with E-state index in [1.54, 1.807) is 0 Å². The normalized spacial score (nSPS) is 16.4. The van der Waals surface area contributed by atoms with Gasteiger partial charge in [0.15, 0.2) is 6.61 Å². The second-order valence-corrected chi connectivity index (χ2v) is 7.52. The number of ether oxygens (including phenoxy) is 1. The maximum atomic E-state index is 12.8. The van der Waals surface area contributed by atoms with Gasteiger partial charge in [-0.05, 0) is 43.2 Å². The molecule has 0 aliphatic carbocycles. The Morgan fingerprint density at radius 2 is 1.90 bits per heavy atom. The molecule has 1 fully saturated rings. The fourth-order valence-electron chi connectivity index (χ4n) is 3.13. The molecule has 160 valence electrons. The highest BCUT2D eigenvalue weighted by Gasteiger charge is 2.35. The zero-order chi connectivity index (χ0) is 21.9. The van der Waals surface area contributed by atoms with Crippen molar-refractivity contribution in [1.82, 2.24) is 4.90 Å². The van der Waals surface area contributed by atoms with E-state index in [0.717, 1.165) is 0 Å². The molecule has 1 aliphatic rings. The van der Waals surface area contributed by atoms with Gasteiger partial charge in [0.05, 0.1) is 10.0 Å². The Labute approximate surface area is 180 Å². The number of nitrogens with one attached hydrogen (secondary N) is 1. The van der Waals surface area contributed by atoms with Crippen LogP contribution in [0.25, 0.3) is 0 Å². The van der Waals surface area contributed by atoms with Gasteiger partial charge in [-0.25, -0.2) is 0 Å². The highest BCUT2D eigenvalue weighted by Crippen LogP contribution is 2.27. The van der Waals surface area contributed by atoms with E-state index in [9.17, 15) is 22.8 Å². The first-order valence-corrected chi connectivity index (χ1v) is 9.76. The van der Waals surface area contributed by atoms with E-state index in [0.29, 0.717) is 30.0 Å². The van der Waals surface area contributed by atoms with Crippen LogP contribution in [0, 0.1) is 0 Å². The van der Waals surface area contributed by atoms with Crippen LogP contribution >= 0.6 is 23.2 Å². The molecule has 1 N–H and O–H groups in total. The van der Waals surface area contributed by atoms with Gasteiger partial charge in [-0.15, -0.1) is 0 Å². The molecule has 0 radical (unpaired) electrons. The Morgan fingerprint density at radius 1 is 1.13 bits per heavy atom. The molecule has 5 nitrogen and oxygen atoms in total. The molecule has 1 atom stereocenters. The first kappa shape index (κ1) is 22.2. The Hall–Kier alpha value is -2.45. The van der Waals surface area contributed by atoms with Crippen molar-refractivity contribution in [2.24, 2.45) is 0 Å². The molecule has 2 aromatic carbocycles. The smallest absolute Gasteiger partial charge is 0.422 e. The van der Waals surface area contributed by atoms with Crippen LogP contribution in [0.3, 0.4) is 0 Å². The molecule has 1 heterocycles. The third-order valence-electron chi connectivity index (χ3n) is 4.49. The first-order chi connectivity index (χ1) is 14.1. The Bertz CT molecular complexity index is 953. The number of likely N-dealkylation sites (tertiary alicyclic amines) is 1. The van der Waals surface area contributed by atoms with Crippen molar-refractivity contribution in [3.05, 3.63) is 58.1 Å². The van der Waals surface area contributed by atoms with Crippen LogP contribution in [0.5, 0.6) is 5.75 Å². The number of benzene rings is 2. The van der Waals surface area contributed by atoms with Crippen LogP contribution in [0.15, 0.2) is 42.5 Å². The minimum atomic E-state index is -4.46. The van der Waals surface area contributed by atoms with Crippen LogP contribution in [-0.2, 0) is 4.79 Å². The molecule has 1 aliphatic heterocycles. The van der Waals surface area contributed by atoms with E-state index in [1.165, 1.54) is 47.4 Å². The molecule has 30 heavy (non-hydrogen) atoms. The van der Waals surface area contributed by atoms with Crippen molar-refractivity contribution < 1.29 is 27.5 Å². The molecule has 2 amide bonds. The van der Waals surface area contributed by atoms with Crippen molar-refractivity contribution in [2.75, 3.05) is 18.5 Å². The fraction of sp³-hybridized carbons (Fsp3) is 0.300. The lowest BCUT2D eigenvalue weighted by Gasteiger charge is -2.24. The molecule has 1 saturated heterocycles. The van der Waals surface area contributed by atoms with Crippen LogP contribution < -0.4 is 10.1 Å². The zero-order valence-corrected chi connectivity index (χ0v) is 17.0. The summed E-state index contributed by atoms with van der Waals surface area (Å²) in [7, 11) is 0. The summed E-state index contributed by atoms with van der Waals surface area (Å²) < 4.78 is 41.6. The number of nitrogens with zero attached hydrogens (tertiary/aromatic N) is 1. The van der Waals surface area contributed by atoms with Gasteiger partial charge >= 0.3 is 6.18 Å². The van der Waals surface area contributed by atoms with E-state index in [4.69, 9.17) is 27.9 Å². The van der Waals surface area contributed by atoms with Gasteiger partial charge in [0.25, 0.3) is 5.91 Å². The summed E-state index contributed by atoms with van der Waals surface area (Å²) >= 11 is 11.9. The molecule has 2 aromatic rings. The Kier molecular flexibility index (Phi) is 6.77. The molecule has 0 aromatic heterocycles. The minimum Gasteiger partial charge on any atom is -0.484 e. The number of carbonyl (C=O) groups excluding carboxylic acids is 2. The van der Waals surface area contributed by atoms with E-state index in [1.807, 2.05) is 0 Å². The number of amides is 2. The number of anilines is 1. The minimum absolute atomic E-state index is 0.0275. The SMILES string of the molecule is O=C(Nc1cccc(OCC(F)(F)F)c1)C1CCCN1C(=O)c1ccc(Cl)c(Cl)c1. The van der Waals surface area contributed by atoms with Crippen molar-refractivity contribution in [1.29, 1.82) is 0 Å². The summed E-state index contributed by atoms with van der Waals surface area (Å²) in [5, 5.41) is 3.19. The monoisotopic (exact) mass is 460 g/mol. The number of carbonyl (C=O) groups is 2. The number of halogens is 5. The predicted octanol–water partition coefficient (Wildman–Crippen LogP) is 5.18. The van der Waals surface area contributed by atoms with Gasteiger partial charge in [-0.2, -0.15) is 13.2 Å². The van der Waals surface area contributed by atoms with E-state index in [2.05, 4.69) is 5.32 Å². The molecule has 0 spiro atoms. The van der Waals surface area contributed by atoms with Crippen molar-refractivity contribution in [2.45, 2.75) is 25.1 Å². The van der Waals surface area contributed by atoms with Gasteiger partial charge in [0.2, 0.25) is 5.91 Å². The zero-order valence-electron chi connectivity index (χ0n) is 15.5. The molecular formula is C20H17Cl2F3N2O3. The molecule has 0 bridgehead atoms. The van der Waals surface area contributed by atoms with Crippen LogP contribution in [0.1, 0.15) is 23.2 Å². The lowest BCUT2D eigenvalue weighted by molar-refractivity contribution is -0.153. The van der Waals surface area contributed by atoms with Gasteiger partial charge < -0.3 is 15.0 Å². The average molecular weight is 461 g/mol. The predicted molar refractivity (Wildman–Crippen MR) is 107 cm³/mol. The standard InChI is InChI=1S/C20H17Cl2F3N2O3/c21-15-7-6-12(9-16(15)22)19(29)27-8-2-5-17(27)18(28)26-13-3-1-4-14(10-13)30-11-20(23,24)25/h1,3-4,6-7,9-10,17H,2,5,8,11H2,(H,26,28). The van der Waals surface area contributed by atoms with Crippen LogP contribution in [0.4, 0.5) is 18.9 Å². The van der Waals surface area contributed by atoms with E-state index < -0.39 is 24.7 Å². The van der Waals surface area contributed by atoms with Crippen LogP contribution in [0.2, 0.25) is 10.0 Å². The molecular weight excluding hydrogens is 444 g/mol. The lowest BCUT2D eigenvalue weighted by Crippen LogP contribution is -2.43. The van der Waals surface area contributed by atoms with Crippen LogP contribution in [-0.4, -0.2) is 42.1 Å². The molecule has 10 heteroatoms. The summed E-state index contributed by atoms with van der Waals surface area (Å²) in [5.41, 5.74) is 0.583. The lowest BCUT2D eigenvalue weighted by atomic mass is 10.1. The summed E-state index contributed by atoms with van der Waals surface area (Å²) in [6.45, 7) is -1.04. The number of hydrogen-bond donors (Lipinski definition) is 1. The quantitative estimate of drug-likeness (QED) is 0.668. The van der Waals surface area contributed by atoms with E-state index >= 15 is 0 Å².